The number of aromatic hydroxyl groups is 1. The van der Waals surface area contributed by atoms with Crippen LogP contribution in [0.4, 0.5) is 26.3 Å². The molecule has 236 valence electrons. The second-order valence-corrected chi connectivity index (χ2v) is 10.5. The predicted octanol–water partition coefficient (Wildman–Crippen LogP) is 7.70. The molecule has 1 aliphatic rings. The average molecular weight is 660 g/mol. The summed E-state index contributed by atoms with van der Waals surface area (Å²) in [6.45, 7) is 3.01. The molecule has 1 amide bonds. The second-order valence-electron chi connectivity index (χ2n) is 10.5. The van der Waals surface area contributed by atoms with Gasteiger partial charge in [0, 0.05) is 49.4 Å². The van der Waals surface area contributed by atoms with E-state index in [1.807, 2.05) is 30.3 Å². The topological polar surface area (TPSA) is 56.7 Å². The number of hydrogen-bond donors (Lipinski definition) is 1. The maximum atomic E-state index is 13.6. The third kappa shape index (κ3) is 7.94. The minimum Gasteiger partial charge on any atom is -0.508 e. The van der Waals surface area contributed by atoms with Crippen molar-refractivity contribution in [3.8, 4) is 5.75 Å². The molecule has 1 fully saturated rings. The summed E-state index contributed by atoms with van der Waals surface area (Å²) in [5, 5.41) is 11.2. The van der Waals surface area contributed by atoms with Crippen LogP contribution in [-0.4, -0.2) is 51.5 Å². The number of hydrogen-bond acceptors (Lipinski definition) is 4. The van der Waals surface area contributed by atoms with E-state index in [1.165, 1.54) is 4.90 Å². The van der Waals surface area contributed by atoms with Gasteiger partial charge in [-0.25, -0.2) is 0 Å². The quantitative estimate of drug-likeness (QED) is 0.223. The number of amides is 1. The van der Waals surface area contributed by atoms with Gasteiger partial charge < -0.3 is 10.0 Å². The molecular weight excluding hydrogens is 631 g/mol. The van der Waals surface area contributed by atoms with Gasteiger partial charge in [-0.15, -0.1) is 24.8 Å². The molecule has 0 radical (unpaired) electrons. The number of piperazine rings is 1. The first kappa shape index (κ1) is 34.9. The normalized spacial score (nSPS) is 15.9. The number of phenols is 1. The number of carbonyl (C=O) groups excluding carboxylic acids is 1. The summed E-state index contributed by atoms with van der Waals surface area (Å²) in [5.41, 5.74) is -0.590. The summed E-state index contributed by atoms with van der Waals surface area (Å²) in [4.78, 5) is 21.4. The highest BCUT2D eigenvalue weighted by Gasteiger charge is 2.39. The Morgan fingerprint density at radius 2 is 1.55 bits per heavy atom. The first-order valence-electron chi connectivity index (χ1n) is 13.2. The number of fused-ring (bicyclic) bond motifs is 1. The van der Waals surface area contributed by atoms with E-state index in [0.717, 1.165) is 16.5 Å². The van der Waals surface area contributed by atoms with Gasteiger partial charge in [0.1, 0.15) is 5.75 Å². The Morgan fingerprint density at radius 1 is 0.886 bits per heavy atom. The van der Waals surface area contributed by atoms with E-state index < -0.39 is 41.0 Å². The summed E-state index contributed by atoms with van der Waals surface area (Å²) in [7, 11) is 0. The Bertz CT molecular complexity index is 1600. The zero-order valence-electron chi connectivity index (χ0n) is 23.3. The third-order valence-corrected chi connectivity index (χ3v) is 7.48. The number of alkyl halides is 6. The van der Waals surface area contributed by atoms with Gasteiger partial charge in [0.25, 0.3) is 5.91 Å². The smallest absolute Gasteiger partial charge is 0.416 e. The molecule has 1 unspecified atom stereocenters. The van der Waals surface area contributed by atoms with Crippen LogP contribution in [0.25, 0.3) is 10.9 Å². The van der Waals surface area contributed by atoms with Crippen molar-refractivity contribution >= 4 is 41.6 Å². The van der Waals surface area contributed by atoms with Crippen LogP contribution in [0.5, 0.6) is 5.75 Å². The largest absolute Gasteiger partial charge is 0.508 e. The van der Waals surface area contributed by atoms with E-state index >= 15 is 0 Å². The Labute approximate surface area is 262 Å². The van der Waals surface area contributed by atoms with Gasteiger partial charge in [-0.1, -0.05) is 24.3 Å². The van der Waals surface area contributed by atoms with Crippen LogP contribution in [0, 0.1) is 6.92 Å². The molecule has 1 N–H and O–H groups in total. The predicted molar refractivity (Wildman–Crippen MR) is 159 cm³/mol. The number of aryl methyl sites for hydroxylation is 1. The maximum absolute atomic E-state index is 13.6. The van der Waals surface area contributed by atoms with Crippen molar-refractivity contribution in [2.24, 2.45) is 0 Å². The zero-order valence-corrected chi connectivity index (χ0v) is 25.0. The van der Waals surface area contributed by atoms with Crippen molar-refractivity contribution in [3.05, 3.63) is 106 Å². The number of rotatable bonds is 5. The molecule has 1 aromatic heterocycles. The lowest BCUT2D eigenvalue weighted by molar-refractivity contribution is -0.143. The lowest BCUT2D eigenvalue weighted by Gasteiger charge is -2.42. The van der Waals surface area contributed by atoms with Crippen LogP contribution in [-0.2, 0) is 25.3 Å². The van der Waals surface area contributed by atoms with Crippen molar-refractivity contribution < 1.29 is 36.2 Å². The lowest BCUT2D eigenvalue weighted by atomic mass is 9.98. The molecule has 1 aliphatic heterocycles. The Hall–Kier alpha value is -3.54. The van der Waals surface area contributed by atoms with Gasteiger partial charge in [-0.2, -0.15) is 26.3 Å². The van der Waals surface area contributed by atoms with Crippen molar-refractivity contribution in [2.45, 2.75) is 38.3 Å². The average Bonchev–Trinajstić information content (AvgIpc) is 2.93. The number of nitrogens with zero attached hydrogens (tertiary/aromatic N) is 3. The lowest BCUT2D eigenvalue weighted by Crippen LogP contribution is -2.55. The van der Waals surface area contributed by atoms with E-state index in [9.17, 15) is 36.2 Å². The van der Waals surface area contributed by atoms with Crippen molar-refractivity contribution in [1.29, 1.82) is 0 Å². The first-order valence-corrected chi connectivity index (χ1v) is 13.2. The number of carbonyl (C=O) groups is 1. The van der Waals surface area contributed by atoms with Crippen LogP contribution < -0.4 is 0 Å². The molecule has 4 aromatic rings. The Balaban J connectivity index is 0.00000264. The number of aromatic nitrogens is 1. The zero-order chi connectivity index (χ0) is 30.2. The van der Waals surface area contributed by atoms with Crippen molar-refractivity contribution in [1.82, 2.24) is 14.8 Å². The number of phenolic OH excluding ortho intramolecular Hbond substituents is 1. The summed E-state index contributed by atoms with van der Waals surface area (Å²) in [6, 6.07) is 15.1. The minimum atomic E-state index is -5.07. The molecule has 1 atom stereocenters. The summed E-state index contributed by atoms with van der Waals surface area (Å²) in [6.07, 6.45) is -8.19. The van der Waals surface area contributed by atoms with Crippen LogP contribution >= 0.6 is 24.8 Å². The van der Waals surface area contributed by atoms with Crippen molar-refractivity contribution in [3.63, 3.8) is 0 Å². The van der Waals surface area contributed by atoms with E-state index in [2.05, 4.69) is 9.88 Å². The number of benzene rings is 3. The van der Waals surface area contributed by atoms with Crippen LogP contribution in [0.3, 0.4) is 0 Å². The highest BCUT2D eigenvalue weighted by Crippen LogP contribution is 2.37. The van der Waals surface area contributed by atoms with E-state index in [0.29, 0.717) is 42.9 Å². The molecule has 0 aliphatic carbocycles. The van der Waals surface area contributed by atoms with Gasteiger partial charge in [0.15, 0.2) is 0 Å². The SMILES string of the molecule is Cc1ccc(CC2CN(Cc3ccc4ncccc4c3)CCN2C(=O)c2cc(C(F)(F)F)cc(C(F)(F)F)c2)cc1O.Cl.Cl. The monoisotopic (exact) mass is 659 g/mol. The van der Waals surface area contributed by atoms with E-state index in [-0.39, 0.29) is 49.6 Å². The van der Waals surface area contributed by atoms with E-state index in [1.54, 1.807) is 31.3 Å². The molecule has 0 saturated carbocycles. The van der Waals surface area contributed by atoms with Gasteiger partial charge in [0.05, 0.1) is 16.6 Å². The molecule has 0 bridgehead atoms. The fourth-order valence-corrected chi connectivity index (χ4v) is 5.29. The standard InChI is InChI=1S/C31H27F6N3O2.2ClH/c1-19-4-5-20(13-28(19)41)12-26-18-39(17-21-6-7-27-22(11-21)3-2-8-38-27)9-10-40(26)29(42)23-14-24(30(32,33)34)16-25(15-23)31(35,36)37;;/h2-8,11,13-16,26,41H,9-10,12,17-18H2,1H3;2*1H. The molecule has 1 saturated heterocycles. The molecule has 13 heteroatoms. The highest BCUT2D eigenvalue weighted by molar-refractivity contribution is 5.95. The van der Waals surface area contributed by atoms with Gasteiger partial charge in [0.2, 0.25) is 0 Å². The fraction of sp³-hybridized carbons (Fsp3) is 0.290. The Kier molecular flexibility index (Phi) is 10.8. The van der Waals surface area contributed by atoms with Crippen LogP contribution in [0.15, 0.2) is 72.9 Å². The summed E-state index contributed by atoms with van der Waals surface area (Å²) >= 11 is 0. The molecule has 5 rings (SSSR count). The third-order valence-electron chi connectivity index (χ3n) is 7.48. The first-order chi connectivity index (χ1) is 19.8. The van der Waals surface area contributed by atoms with Crippen LogP contribution in [0.2, 0.25) is 0 Å². The number of halogens is 8. The maximum Gasteiger partial charge on any atom is 0.416 e. The molecule has 44 heavy (non-hydrogen) atoms. The molecule has 0 spiro atoms. The number of pyridine rings is 1. The molecular formula is C31H29Cl2F6N3O2. The fourth-order valence-electron chi connectivity index (χ4n) is 5.29. The Morgan fingerprint density at radius 3 is 2.18 bits per heavy atom. The second kappa shape index (κ2) is 13.6. The van der Waals surface area contributed by atoms with Gasteiger partial charge in [-0.3, -0.25) is 14.7 Å². The molecule has 2 heterocycles. The summed E-state index contributed by atoms with van der Waals surface area (Å²) in [5.74, 6) is -0.861. The highest BCUT2D eigenvalue weighted by atomic mass is 35.5. The molecule has 5 nitrogen and oxygen atoms in total. The van der Waals surface area contributed by atoms with Crippen LogP contribution in [0.1, 0.15) is 38.2 Å². The van der Waals surface area contributed by atoms with Crippen molar-refractivity contribution in [2.75, 3.05) is 19.6 Å². The van der Waals surface area contributed by atoms with Gasteiger partial charge >= 0.3 is 12.4 Å². The summed E-state index contributed by atoms with van der Waals surface area (Å²) < 4.78 is 81.0. The molecule has 3 aromatic carbocycles. The van der Waals surface area contributed by atoms with Gasteiger partial charge in [-0.05, 0) is 72.5 Å². The minimum absolute atomic E-state index is 0. The van der Waals surface area contributed by atoms with E-state index in [4.69, 9.17) is 0 Å².